The molecule has 5 nitrogen and oxygen atoms in total. The zero-order valence-corrected chi connectivity index (χ0v) is 14.3. The summed E-state index contributed by atoms with van der Waals surface area (Å²) >= 11 is 1.60. The van der Waals surface area contributed by atoms with Gasteiger partial charge in [-0.25, -0.2) is 17.7 Å². The van der Waals surface area contributed by atoms with Gasteiger partial charge in [-0.2, -0.15) is 0 Å². The van der Waals surface area contributed by atoms with E-state index in [2.05, 4.69) is 16.0 Å². The summed E-state index contributed by atoms with van der Waals surface area (Å²) in [4.78, 5) is 8.92. The molecular formula is C15H19N3O2S2. The Kier molecular flexibility index (Phi) is 4.29. The molecule has 0 spiro atoms. The topological polar surface area (TPSA) is 63.2 Å². The minimum Gasteiger partial charge on any atom is -0.253 e. The molecule has 0 amide bonds. The molecule has 7 heteroatoms. The highest BCUT2D eigenvalue weighted by Gasteiger charge is 2.28. The zero-order chi connectivity index (χ0) is 15.7. The van der Waals surface area contributed by atoms with Crippen LogP contribution < -0.4 is 0 Å². The monoisotopic (exact) mass is 337 g/mol. The minimum atomic E-state index is -3.06. The Morgan fingerprint density at radius 1 is 1.41 bits per heavy atom. The quantitative estimate of drug-likeness (QED) is 0.859. The van der Waals surface area contributed by atoms with Crippen molar-refractivity contribution >= 4 is 21.4 Å². The molecule has 2 aromatic rings. The first kappa shape index (κ1) is 15.6. The maximum Gasteiger partial charge on any atom is 0.211 e. The summed E-state index contributed by atoms with van der Waals surface area (Å²) in [6.07, 6.45) is 4.95. The van der Waals surface area contributed by atoms with Gasteiger partial charge in [-0.05, 0) is 37.3 Å². The normalized spacial score (nSPS) is 19.6. The van der Waals surface area contributed by atoms with Crippen molar-refractivity contribution in [1.82, 2.24) is 14.3 Å². The van der Waals surface area contributed by atoms with Crippen molar-refractivity contribution in [1.29, 1.82) is 0 Å². The number of aromatic nitrogens is 2. The number of aryl methyl sites for hydroxylation is 1. The molecule has 0 N–H and O–H groups in total. The van der Waals surface area contributed by atoms with Crippen molar-refractivity contribution in [3.05, 3.63) is 35.0 Å². The summed E-state index contributed by atoms with van der Waals surface area (Å²) in [6, 6.07) is 4.07. The lowest BCUT2D eigenvalue weighted by Crippen LogP contribution is -2.27. The molecule has 1 fully saturated rings. The highest BCUT2D eigenvalue weighted by Crippen LogP contribution is 2.25. The van der Waals surface area contributed by atoms with Crippen LogP contribution in [0.2, 0.25) is 0 Å². The Morgan fingerprint density at radius 2 is 2.23 bits per heavy atom. The zero-order valence-electron chi connectivity index (χ0n) is 12.7. The van der Waals surface area contributed by atoms with E-state index in [0.717, 1.165) is 34.8 Å². The molecular weight excluding hydrogens is 318 g/mol. The Labute approximate surface area is 135 Å². The molecule has 0 radical (unpaired) electrons. The highest BCUT2D eigenvalue weighted by atomic mass is 32.2. The van der Waals surface area contributed by atoms with E-state index < -0.39 is 10.0 Å². The third-order valence-electron chi connectivity index (χ3n) is 3.90. The highest BCUT2D eigenvalue weighted by molar-refractivity contribution is 7.88. The molecule has 0 aliphatic carbocycles. The molecule has 2 aromatic heterocycles. The Hall–Kier alpha value is -1.31. The second-order valence-corrected chi connectivity index (χ2v) is 8.67. The smallest absolute Gasteiger partial charge is 0.211 e. The van der Waals surface area contributed by atoms with Gasteiger partial charge in [0.1, 0.15) is 5.01 Å². The van der Waals surface area contributed by atoms with E-state index in [1.165, 1.54) is 6.26 Å². The summed E-state index contributed by atoms with van der Waals surface area (Å²) in [5, 5.41) is 2.96. The van der Waals surface area contributed by atoms with E-state index in [-0.39, 0.29) is 0 Å². The predicted octanol–water partition coefficient (Wildman–Crippen LogP) is 2.34. The Bertz CT molecular complexity index is 753. The molecule has 118 valence electrons. The van der Waals surface area contributed by atoms with Crippen LogP contribution in [0.4, 0.5) is 0 Å². The van der Waals surface area contributed by atoms with Gasteiger partial charge >= 0.3 is 0 Å². The fraction of sp³-hybridized carbons (Fsp3) is 0.467. The van der Waals surface area contributed by atoms with Gasteiger partial charge in [0, 0.05) is 30.4 Å². The maximum absolute atomic E-state index is 11.5. The molecule has 0 unspecified atom stereocenters. The summed E-state index contributed by atoms with van der Waals surface area (Å²) in [7, 11) is -3.06. The van der Waals surface area contributed by atoms with Crippen LogP contribution in [0.3, 0.4) is 0 Å². The number of nitrogens with zero attached hydrogens (tertiary/aromatic N) is 3. The SMILES string of the molecule is Cc1csc(-c2ccc(C[C@H]3CCN(S(C)(=O)=O)C3)cn2)n1. The fourth-order valence-corrected chi connectivity index (χ4v) is 4.43. The van der Waals surface area contributed by atoms with Gasteiger partial charge < -0.3 is 0 Å². The molecule has 22 heavy (non-hydrogen) atoms. The van der Waals surface area contributed by atoms with Crippen molar-refractivity contribution in [3.8, 4) is 10.7 Å². The first-order valence-electron chi connectivity index (χ1n) is 7.24. The standard InChI is InChI=1S/C15H19N3O2S2/c1-11-10-21-15(17-11)14-4-3-12(8-16-14)7-13-5-6-18(9-13)22(2,19)20/h3-4,8,10,13H,5-7,9H2,1-2H3/t13-/m1/s1. The van der Waals surface area contributed by atoms with Crippen LogP contribution in [0.25, 0.3) is 10.7 Å². The Morgan fingerprint density at radius 3 is 2.77 bits per heavy atom. The molecule has 0 bridgehead atoms. The van der Waals surface area contributed by atoms with Gasteiger partial charge in [0.2, 0.25) is 10.0 Å². The number of rotatable bonds is 4. The number of thiazole rings is 1. The van der Waals surface area contributed by atoms with Crippen LogP contribution in [0.15, 0.2) is 23.7 Å². The van der Waals surface area contributed by atoms with Crippen molar-refractivity contribution < 1.29 is 8.42 Å². The van der Waals surface area contributed by atoms with Gasteiger partial charge in [-0.1, -0.05) is 6.07 Å². The number of sulfonamides is 1. The van der Waals surface area contributed by atoms with Crippen molar-refractivity contribution in [2.45, 2.75) is 19.8 Å². The van der Waals surface area contributed by atoms with E-state index in [4.69, 9.17) is 0 Å². The second kappa shape index (κ2) is 6.06. The van der Waals surface area contributed by atoms with E-state index in [0.29, 0.717) is 19.0 Å². The van der Waals surface area contributed by atoms with Crippen LogP contribution in [-0.2, 0) is 16.4 Å². The van der Waals surface area contributed by atoms with Crippen LogP contribution in [0.1, 0.15) is 17.7 Å². The molecule has 1 saturated heterocycles. The van der Waals surface area contributed by atoms with Crippen molar-refractivity contribution in [2.24, 2.45) is 5.92 Å². The van der Waals surface area contributed by atoms with E-state index >= 15 is 0 Å². The molecule has 3 heterocycles. The summed E-state index contributed by atoms with van der Waals surface area (Å²) in [6.45, 7) is 3.22. The predicted molar refractivity (Wildman–Crippen MR) is 88.3 cm³/mol. The third kappa shape index (κ3) is 3.53. The molecule has 0 saturated carbocycles. The van der Waals surface area contributed by atoms with E-state index in [1.54, 1.807) is 15.6 Å². The molecule has 1 aliphatic heterocycles. The molecule has 0 aromatic carbocycles. The first-order valence-corrected chi connectivity index (χ1v) is 9.97. The first-order chi connectivity index (χ1) is 10.4. The van der Waals surface area contributed by atoms with Crippen molar-refractivity contribution in [3.63, 3.8) is 0 Å². The number of pyridine rings is 1. The largest absolute Gasteiger partial charge is 0.253 e. The molecule has 1 aliphatic rings. The van der Waals surface area contributed by atoms with Gasteiger partial charge in [0.15, 0.2) is 0 Å². The third-order valence-corrected chi connectivity index (χ3v) is 6.16. The maximum atomic E-state index is 11.5. The second-order valence-electron chi connectivity index (χ2n) is 5.83. The van der Waals surface area contributed by atoms with Crippen LogP contribution in [0, 0.1) is 12.8 Å². The lowest BCUT2D eigenvalue weighted by molar-refractivity contribution is 0.460. The van der Waals surface area contributed by atoms with Crippen LogP contribution >= 0.6 is 11.3 Å². The van der Waals surface area contributed by atoms with E-state index in [1.807, 2.05) is 24.6 Å². The minimum absolute atomic E-state index is 0.379. The number of hydrogen-bond donors (Lipinski definition) is 0. The molecule has 3 rings (SSSR count). The summed E-state index contributed by atoms with van der Waals surface area (Å²) < 4.78 is 24.7. The van der Waals surface area contributed by atoms with Gasteiger partial charge in [0.25, 0.3) is 0 Å². The van der Waals surface area contributed by atoms with Crippen molar-refractivity contribution in [2.75, 3.05) is 19.3 Å². The summed E-state index contributed by atoms with van der Waals surface area (Å²) in [5.41, 5.74) is 3.06. The lowest BCUT2D eigenvalue weighted by atomic mass is 10.00. The Balaban J connectivity index is 1.65. The van der Waals surface area contributed by atoms with Crippen LogP contribution in [-0.4, -0.2) is 42.0 Å². The molecule has 1 atom stereocenters. The van der Waals surface area contributed by atoms with Gasteiger partial charge in [-0.3, -0.25) is 4.98 Å². The fourth-order valence-electron chi connectivity index (χ4n) is 2.74. The average molecular weight is 337 g/mol. The van der Waals surface area contributed by atoms with Gasteiger partial charge in [-0.15, -0.1) is 11.3 Å². The van der Waals surface area contributed by atoms with Gasteiger partial charge in [0.05, 0.1) is 11.9 Å². The number of hydrogen-bond acceptors (Lipinski definition) is 5. The van der Waals surface area contributed by atoms with E-state index in [9.17, 15) is 8.42 Å². The lowest BCUT2D eigenvalue weighted by Gasteiger charge is -2.13. The average Bonchev–Trinajstić information content (AvgIpc) is 3.08. The van der Waals surface area contributed by atoms with Crippen LogP contribution in [0.5, 0.6) is 0 Å². The summed E-state index contributed by atoms with van der Waals surface area (Å²) in [5.74, 6) is 0.379.